The van der Waals surface area contributed by atoms with Crippen molar-refractivity contribution in [3.05, 3.63) is 64.3 Å². The van der Waals surface area contributed by atoms with Gasteiger partial charge in [0.25, 0.3) is 5.56 Å². The highest BCUT2D eigenvalue weighted by atomic mass is 16.7. The number of amides is 1. The number of pyridine rings is 1. The highest BCUT2D eigenvalue weighted by molar-refractivity contribution is 5.79. The fourth-order valence-corrected chi connectivity index (χ4v) is 5.08. The number of H-pyrrole nitrogens is 1. The molecule has 1 saturated heterocycles. The van der Waals surface area contributed by atoms with E-state index in [1.165, 1.54) is 0 Å². The molecule has 0 saturated carbocycles. The van der Waals surface area contributed by atoms with Crippen molar-refractivity contribution < 1.29 is 14.3 Å². The second kappa shape index (κ2) is 7.01. The summed E-state index contributed by atoms with van der Waals surface area (Å²) in [5.41, 5.74) is 2.51. The summed E-state index contributed by atoms with van der Waals surface area (Å²) in [4.78, 5) is 35.4. The lowest BCUT2D eigenvalue weighted by Gasteiger charge is -2.43. The lowest BCUT2D eigenvalue weighted by molar-refractivity contribution is -0.133. The SMILES string of the molecule is O=C(Cc1ccc2c(c1)OCO2)N1C[C@@H]2C[C@H](C1)c1ccc(-c3ncc[nH]3)c(=O)n1C2. The van der Waals surface area contributed by atoms with Gasteiger partial charge >= 0.3 is 0 Å². The number of imidazole rings is 1. The third-order valence-corrected chi connectivity index (χ3v) is 6.50. The van der Waals surface area contributed by atoms with Crippen LogP contribution in [0.1, 0.15) is 23.6 Å². The Morgan fingerprint density at radius 3 is 2.90 bits per heavy atom. The van der Waals surface area contributed by atoms with Gasteiger partial charge in [0.1, 0.15) is 5.82 Å². The van der Waals surface area contributed by atoms with Crippen LogP contribution >= 0.6 is 0 Å². The van der Waals surface area contributed by atoms with Gasteiger partial charge in [0.05, 0.1) is 12.0 Å². The summed E-state index contributed by atoms with van der Waals surface area (Å²) < 4.78 is 12.7. The van der Waals surface area contributed by atoms with Gasteiger partial charge < -0.3 is 23.9 Å². The highest BCUT2D eigenvalue weighted by Crippen LogP contribution is 2.36. The summed E-state index contributed by atoms with van der Waals surface area (Å²) in [5, 5.41) is 0. The number of carbonyl (C=O) groups excluding carboxylic acids is 1. The fraction of sp³-hybridized carbons (Fsp3) is 0.348. The van der Waals surface area contributed by atoms with Crippen molar-refractivity contribution >= 4 is 5.91 Å². The monoisotopic (exact) mass is 418 g/mol. The smallest absolute Gasteiger partial charge is 0.261 e. The molecule has 0 spiro atoms. The summed E-state index contributed by atoms with van der Waals surface area (Å²) in [7, 11) is 0. The van der Waals surface area contributed by atoms with E-state index < -0.39 is 0 Å². The van der Waals surface area contributed by atoms with Gasteiger partial charge in [0.2, 0.25) is 12.7 Å². The van der Waals surface area contributed by atoms with E-state index in [1.54, 1.807) is 12.4 Å². The molecule has 31 heavy (non-hydrogen) atoms. The van der Waals surface area contributed by atoms with E-state index in [4.69, 9.17) is 9.47 Å². The van der Waals surface area contributed by atoms with Crippen LogP contribution in [0.3, 0.4) is 0 Å². The van der Waals surface area contributed by atoms with Gasteiger partial charge in [-0.25, -0.2) is 4.98 Å². The van der Waals surface area contributed by atoms with Crippen LogP contribution in [0.5, 0.6) is 11.5 Å². The van der Waals surface area contributed by atoms with Crippen LogP contribution in [0, 0.1) is 5.92 Å². The number of hydrogen-bond acceptors (Lipinski definition) is 5. The largest absolute Gasteiger partial charge is 0.454 e. The molecule has 2 bridgehead atoms. The molecular formula is C23H22N4O4. The van der Waals surface area contributed by atoms with Gasteiger partial charge in [-0.15, -0.1) is 0 Å². The molecule has 3 aliphatic rings. The second-order valence-electron chi connectivity index (χ2n) is 8.49. The molecule has 8 heteroatoms. The third-order valence-electron chi connectivity index (χ3n) is 6.50. The van der Waals surface area contributed by atoms with Gasteiger partial charge in [0.15, 0.2) is 11.5 Å². The number of benzene rings is 1. The van der Waals surface area contributed by atoms with Crippen LogP contribution < -0.4 is 15.0 Å². The van der Waals surface area contributed by atoms with Crippen LogP contribution in [-0.4, -0.2) is 45.2 Å². The van der Waals surface area contributed by atoms with Crippen molar-refractivity contribution in [3.63, 3.8) is 0 Å². The highest BCUT2D eigenvalue weighted by Gasteiger charge is 2.36. The topological polar surface area (TPSA) is 89.5 Å². The second-order valence-corrected chi connectivity index (χ2v) is 8.49. The quantitative estimate of drug-likeness (QED) is 0.704. The van der Waals surface area contributed by atoms with E-state index in [2.05, 4.69) is 9.97 Å². The van der Waals surface area contributed by atoms with E-state index >= 15 is 0 Å². The van der Waals surface area contributed by atoms with Crippen LogP contribution in [0.25, 0.3) is 11.4 Å². The van der Waals surface area contributed by atoms with E-state index in [0.29, 0.717) is 43.2 Å². The summed E-state index contributed by atoms with van der Waals surface area (Å²) in [5.74, 6) is 2.57. The van der Waals surface area contributed by atoms with E-state index in [1.807, 2.05) is 39.8 Å². The minimum atomic E-state index is -0.0118. The van der Waals surface area contributed by atoms with Crippen molar-refractivity contribution in [2.45, 2.75) is 25.3 Å². The Labute approximate surface area is 178 Å². The fourth-order valence-electron chi connectivity index (χ4n) is 5.08. The molecule has 0 radical (unpaired) electrons. The number of fused-ring (bicyclic) bond motifs is 5. The molecule has 0 aliphatic carbocycles. The zero-order valence-electron chi connectivity index (χ0n) is 16.9. The van der Waals surface area contributed by atoms with Gasteiger partial charge in [-0.05, 0) is 42.2 Å². The number of nitrogens with zero attached hydrogens (tertiary/aromatic N) is 3. The predicted molar refractivity (Wildman–Crippen MR) is 112 cm³/mol. The van der Waals surface area contributed by atoms with Gasteiger partial charge in [-0.3, -0.25) is 9.59 Å². The molecule has 8 nitrogen and oxygen atoms in total. The molecule has 158 valence electrons. The summed E-state index contributed by atoms with van der Waals surface area (Å²) >= 11 is 0. The maximum Gasteiger partial charge on any atom is 0.261 e. The molecule has 5 heterocycles. The van der Waals surface area contributed by atoms with Gasteiger partial charge in [-0.2, -0.15) is 0 Å². The Morgan fingerprint density at radius 2 is 2.03 bits per heavy atom. The Balaban J connectivity index is 1.23. The average Bonchev–Trinajstić information content (AvgIpc) is 3.46. The summed E-state index contributed by atoms with van der Waals surface area (Å²) in [6, 6.07) is 9.53. The number of ether oxygens (including phenoxy) is 2. The summed E-state index contributed by atoms with van der Waals surface area (Å²) in [6.07, 6.45) is 4.71. The molecule has 1 fully saturated rings. The maximum atomic E-state index is 13.1. The number of likely N-dealkylation sites (tertiary alicyclic amines) is 1. The lowest BCUT2D eigenvalue weighted by atomic mass is 9.82. The molecule has 2 atom stereocenters. The number of piperidine rings is 1. The van der Waals surface area contributed by atoms with Crippen LogP contribution in [-0.2, 0) is 17.8 Å². The van der Waals surface area contributed by atoms with Crippen LogP contribution in [0.2, 0.25) is 0 Å². The van der Waals surface area contributed by atoms with Crippen molar-refractivity contribution in [1.82, 2.24) is 19.4 Å². The van der Waals surface area contributed by atoms with Crippen molar-refractivity contribution in [1.29, 1.82) is 0 Å². The minimum Gasteiger partial charge on any atom is -0.454 e. The minimum absolute atomic E-state index is 0.0118. The van der Waals surface area contributed by atoms with E-state index in [9.17, 15) is 9.59 Å². The molecule has 1 amide bonds. The third kappa shape index (κ3) is 3.10. The first kappa shape index (κ1) is 18.2. The first-order valence-electron chi connectivity index (χ1n) is 10.6. The molecule has 1 aromatic carbocycles. The molecule has 2 aromatic heterocycles. The number of aromatic amines is 1. The number of aromatic nitrogens is 3. The van der Waals surface area contributed by atoms with Crippen molar-refractivity contribution in [2.75, 3.05) is 19.9 Å². The Hall–Kier alpha value is -3.55. The molecule has 3 aliphatic heterocycles. The molecule has 3 aromatic rings. The number of carbonyl (C=O) groups is 1. The zero-order valence-corrected chi connectivity index (χ0v) is 16.9. The van der Waals surface area contributed by atoms with Crippen molar-refractivity contribution in [2.24, 2.45) is 5.92 Å². The normalized spacial score (nSPS) is 21.1. The summed E-state index contributed by atoms with van der Waals surface area (Å²) in [6.45, 7) is 2.17. The zero-order chi connectivity index (χ0) is 20.9. The number of nitrogens with one attached hydrogen (secondary N) is 1. The van der Waals surface area contributed by atoms with E-state index in [-0.39, 0.29) is 30.1 Å². The van der Waals surface area contributed by atoms with Gasteiger partial charge in [-0.1, -0.05) is 6.07 Å². The molecule has 0 unspecified atom stereocenters. The van der Waals surface area contributed by atoms with Crippen molar-refractivity contribution in [3.8, 4) is 22.9 Å². The predicted octanol–water partition coefficient (Wildman–Crippen LogP) is 2.16. The Bertz CT molecular complexity index is 1220. The molecule has 6 rings (SSSR count). The number of hydrogen-bond donors (Lipinski definition) is 1. The van der Waals surface area contributed by atoms with Crippen LogP contribution in [0.15, 0.2) is 47.5 Å². The molecule has 1 N–H and O–H groups in total. The molecular weight excluding hydrogens is 396 g/mol. The maximum absolute atomic E-state index is 13.1. The van der Waals surface area contributed by atoms with E-state index in [0.717, 1.165) is 23.4 Å². The lowest BCUT2D eigenvalue weighted by Crippen LogP contribution is -2.49. The number of rotatable bonds is 3. The van der Waals surface area contributed by atoms with Gasteiger partial charge in [0, 0.05) is 43.6 Å². The Kier molecular flexibility index (Phi) is 4.12. The Morgan fingerprint density at radius 1 is 1.13 bits per heavy atom. The first-order chi connectivity index (χ1) is 15.2. The standard InChI is InChI=1S/C23H22N4O4/c28-21(9-14-1-4-19-20(8-14)31-13-30-19)26-10-15-7-16(12-26)18-3-2-17(22-24-5-6-25-22)23(29)27(18)11-15/h1-6,8,15-16H,7,9-13H2,(H,24,25)/t15-,16+/m0/s1. The average molecular weight is 418 g/mol. The first-order valence-corrected chi connectivity index (χ1v) is 10.6. The van der Waals surface area contributed by atoms with Crippen LogP contribution in [0.4, 0.5) is 0 Å².